The molecule has 3 N–H and O–H groups in total. The van der Waals surface area contributed by atoms with Gasteiger partial charge in [0.15, 0.2) is 0 Å². The molecule has 0 unspecified atom stereocenters. The number of nitrogens with two attached hydrogens (primary N) is 1. The Morgan fingerprint density at radius 1 is 1.28 bits per heavy atom. The second kappa shape index (κ2) is 8.09. The van der Waals surface area contributed by atoms with Crippen LogP contribution < -0.4 is 11.1 Å². The zero-order valence-corrected chi connectivity index (χ0v) is 15.1. The summed E-state index contributed by atoms with van der Waals surface area (Å²) >= 11 is 9.29. The van der Waals surface area contributed by atoms with Crippen molar-refractivity contribution in [3.05, 3.63) is 73.2 Å². The molecule has 2 aromatic carbocycles. The number of benzene rings is 2. The Bertz CT molecular complexity index is 844. The lowest BCUT2D eigenvalue weighted by Gasteiger charge is -2.16. The quantitative estimate of drug-likeness (QED) is 0.546. The highest BCUT2D eigenvalue weighted by atomic mass is 79.9. The van der Waals surface area contributed by atoms with Crippen molar-refractivity contribution in [3.63, 3.8) is 0 Å². The molecule has 7 nitrogen and oxygen atoms in total. The highest BCUT2D eigenvalue weighted by Crippen LogP contribution is 2.22. The number of nitrogens with one attached hydrogen (secondary N) is 1. The van der Waals surface area contributed by atoms with Gasteiger partial charge in [0, 0.05) is 33.6 Å². The molecule has 0 aliphatic carbocycles. The molecule has 2 rings (SSSR count). The molecular weight excluding hydrogens is 414 g/mol. The second-order valence-corrected chi connectivity index (χ2v) is 6.47. The number of hydrogen-bond acceptors (Lipinski definition) is 4. The Labute approximate surface area is 156 Å². The van der Waals surface area contributed by atoms with Gasteiger partial charge >= 0.3 is 0 Å². The van der Waals surface area contributed by atoms with Crippen molar-refractivity contribution in [2.45, 2.75) is 12.5 Å². The van der Waals surface area contributed by atoms with Gasteiger partial charge in [-0.1, -0.05) is 33.6 Å². The van der Waals surface area contributed by atoms with Crippen molar-refractivity contribution in [1.82, 2.24) is 5.32 Å². The van der Waals surface area contributed by atoms with Gasteiger partial charge in [0.25, 0.3) is 11.6 Å². The SMILES string of the molecule is NC(=O)[C@@H](Cc1cc(Cl)ccc1Br)NC(=O)c1cccc([N+](=O)[O-])c1. The summed E-state index contributed by atoms with van der Waals surface area (Å²) in [7, 11) is 0. The van der Waals surface area contributed by atoms with Gasteiger partial charge in [0.2, 0.25) is 5.91 Å². The van der Waals surface area contributed by atoms with Gasteiger partial charge in [-0.05, 0) is 29.8 Å². The van der Waals surface area contributed by atoms with Gasteiger partial charge < -0.3 is 11.1 Å². The molecule has 9 heteroatoms. The summed E-state index contributed by atoms with van der Waals surface area (Å²) in [5.74, 6) is -1.36. The highest BCUT2D eigenvalue weighted by Gasteiger charge is 2.21. The van der Waals surface area contributed by atoms with Crippen LogP contribution in [0, 0.1) is 10.1 Å². The Morgan fingerprint density at radius 3 is 2.64 bits per heavy atom. The fraction of sp³-hybridized carbons (Fsp3) is 0.125. The van der Waals surface area contributed by atoms with Crippen molar-refractivity contribution in [1.29, 1.82) is 0 Å². The summed E-state index contributed by atoms with van der Waals surface area (Å²) in [5.41, 5.74) is 5.90. The number of hydrogen-bond donors (Lipinski definition) is 2. The molecule has 2 amide bonds. The monoisotopic (exact) mass is 425 g/mol. The summed E-state index contributed by atoms with van der Waals surface area (Å²) in [6.45, 7) is 0. The van der Waals surface area contributed by atoms with E-state index in [0.29, 0.717) is 15.1 Å². The summed E-state index contributed by atoms with van der Waals surface area (Å²) in [6.07, 6.45) is 0.122. The second-order valence-electron chi connectivity index (χ2n) is 5.18. The molecule has 0 aliphatic rings. The molecule has 130 valence electrons. The van der Waals surface area contributed by atoms with Crippen LogP contribution in [0.4, 0.5) is 5.69 Å². The number of carbonyl (C=O) groups is 2. The molecule has 0 heterocycles. The average molecular weight is 427 g/mol. The van der Waals surface area contributed by atoms with E-state index in [1.54, 1.807) is 18.2 Å². The van der Waals surface area contributed by atoms with Gasteiger partial charge in [-0.25, -0.2) is 0 Å². The molecule has 0 saturated heterocycles. The molecular formula is C16H13BrClN3O4. The van der Waals surface area contributed by atoms with Gasteiger partial charge in [-0.2, -0.15) is 0 Å². The number of carbonyl (C=O) groups excluding carboxylic acids is 2. The van der Waals surface area contributed by atoms with E-state index in [9.17, 15) is 19.7 Å². The molecule has 2 aromatic rings. The van der Waals surface area contributed by atoms with Crippen molar-refractivity contribution >= 4 is 45.0 Å². The molecule has 0 saturated carbocycles. The minimum Gasteiger partial charge on any atom is -0.368 e. The third-order valence-electron chi connectivity index (χ3n) is 3.40. The minimum absolute atomic E-state index is 0.0607. The molecule has 1 atom stereocenters. The van der Waals surface area contributed by atoms with E-state index >= 15 is 0 Å². The van der Waals surface area contributed by atoms with Crippen LogP contribution in [0.15, 0.2) is 46.9 Å². The van der Waals surface area contributed by atoms with Crippen LogP contribution in [-0.2, 0) is 11.2 Å². The fourth-order valence-electron chi connectivity index (χ4n) is 2.14. The van der Waals surface area contributed by atoms with Crippen molar-refractivity contribution in [3.8, 4) is 0 Å². The van der Waals surface area contributed by atoms with E-state index < -0.39 is 22.8 Å². The average Bonchev–Trinajstić information content (AvgIpc) is 2.57. The maximum atomic E-state index is 12.3. The minimum atomic E-state index is -0.999. The molecule has 0 aliphatic heterocycles. The topological polar surface area (TPSA) is 115 Å². The number of nitrogens with zero attached hydrogens (tertiary/aromatic N) is 1. The Hall–Kier alpha value is -2.45. The predicted molar refractivity (Wildman–Crippen MR) is 96.4 cm³/mol. The van der Waals surface area contributed by atoms with Gasteiger partial charge in [0.05, 0.1) is 4.92 Å². The van der Waals surface area contributed by atoms with Crippen molar-refractivity contribution < 1.29 is 14.5 Å². The lowest BCUT2D eigenvalue weighted by atomic mass is 10.0. The van der Waals surface area contributed by atoms with Crippen LogP contribution >= 0.6 is 27.5 Å². The first-order valence-corrected chi connectivity index (χ1v) is 8.23. The number of rotatable bonds is 6. The Balaban J connectivity index is 2.20. The normalized spacial score (nSPS) is 11.6. The molecule has 25 heavy (non-hydrogen) atoms. The number of primary amides is 1. The summed E-state index contributed by atoms with van der Waals surface area (Å²) in [6, 6.07) is 9.25. The Morgan fingerprint density at radius 2 is 2.00 bits per heavy atom. The Kier molecular flexibility index (Phi) is 6.11. The summed E-state index contributed by atoms with van der Waals surface area (Å²) < 4.78 is 0.716. The molecule has 0 bridgehead atoms. The number of amides is 2. The predicted octanol–water partition coefficient (Wildman–Crippen LogP) is 2.84. The molecule has 0 radical (unpaired) electrons. The first kappa shape index (κ1) is 18.9. The first-order valence-electron chi connectivity index (χ1n) is 7.06. The fourth-order valence-corrected chi connectivity index (χ4v) is 2.75. The molecule has 0 aromatic heterocycles. The van der Waals surface area contributed by atoms with Crippen molar-refractivity contribution in [2.75, 3.05) is 0 Å². The largest absolute Gasteiger partial charge is 0.368 e. The van der Waals surface area contributed by atoms with Gasteiger partial charge in [-0.15, -0.1) is 0 Å². The lowest BCUT2D eigenvalue weighted by Crippen LogP contribution is -2.45. The number of halogens is 2. The van der Waals surface area contributed by atoms with E-state index in [0.717, 1.165) is 6.07 Å². The van der Waals surface area contributed by atoms with E-state index in [-0.39, 0.29) is 17.7 Å². The van der Waals surface area contributed by atoms with Crippen LogP contribution in [-0.4, -0.2) is 22.8 Å². The van der Waals surface area contributed by atoms with E-state index in [4.69, 9.17) is 17.3 Å². The lowest BCUT2D eigenvalue weighted by molar-refractivity contribution is -0.384. The zero-order valence-electron chi connectivity index (χ0n) is 12.7. The van der Waals surface area contributed by atoms with Crippen LogP contribution in [0.1, 0.15) is 15.9 Å². The highest BCUT2D eigenvalue weighted by molar-refractivity contribution is 9.10. The van der Waals surface area contributed by atoms with Gasteiger partial charge in [-0.3, -0.25) is 19.7 Å². The molecule has 0 fully saturated rings. The van der Waals surface area contributed by atoms with Crippen LogP contribution in [0.5, 0.6) is 0 Å². The zero-order chi connectivity index (χ0) is 18.6. The maximum absolute atomic E-state index is 12.3. The van der Waals surface area contributed by atoms with E-state index in [2.05, 4.69) is 21.2 Å². The number of nitro benzene ring substituents is 1. The van der Waals surface area contributed by atoms with Crippen LogP contribution in [0.2, 0.25) is 5.02 Å². The van der Waals surface area contributed by atoms with Crippen LogP contribution in [0.3, 0.4) is 0 Å². The summed E-state index contributed by atoms with van der Waals surface area (Å²) in [5, 5.41) is 13.8. The smallest absolute Gasteiger partial charge is 0.270 e. The van der Waals surface area contributed by atoms with E-state index in [1.807, 2.05) is 0 Å². The van der Waals surface area contributed by atoms with Crippen molar-refractivity contribution in [2.24, 2.45) is 5.73 Å². The first-order chi connectivity index (χ1) is 11.8. The van der Waals surface area contributed by atoms with Gasteiger partial charge in [0.1, 0.15) is 6.04 Å². The number of nitro groups is 1. The van der Waals surface area contributed by atoms with Crippen LogP contribution in [0.25, 0.3) is 0 Å². The summed E-state index contributed by atoms with van der Waals surface area (Å²) in [4.78, 5) is 34.2. The number of non-ortho nitro benzene ring substituents is 1. The van der Waals surface area contributed by atoms with E-state index in [1.165, 1.54) is 18.2 Å². The maximum Gasteiger partial charge on any atom is 0.270 e. The molecule has 0 spiro atoms. The standard InChI is InChI=1S/C16H13BrClN3O4/c17-13-5-4-11(18)6-10(13)8-14(15(19)22)20-16(23)9-2-1-3-12(7-9)21(24)25/h1-7,14H,8H2,(H2,19,22)(H,20,23)/t14-/m1/s1. The third-order valence-corrected chi connectivity index (χ3v) is 4.41. The third kappa shape index (κ3) is 5.01.